The summed E-state index contributed by atoms with van der Waals surface area (Å²) in [5.74, 6) is -1.17. The standard InChI is InChI=1S/C25H17FN2O6/c26-21-18(29)12-11-16(20(21)23(30)28-27)24(31)34-25(32)22-19(15-9-5-2-6-10-15)17(13-33-22)14-7-3-1-4-8-14/h1-13,29H,27H2,(H,28,30). The summed E-state index contributed by atoms with van der Waals surface area (Å²) in [4.78, 5) is 37.6. The van der Waals surface area contributed by atoms with Crippen molar-refractivity contribution in [2.24, 2.45) is 5.84 Å². The molecule has 34 heavy (non-hydrogen) atoms. The molecule has 4 N–H and O–H groups in total. The summed E-state index contributed by atoms with van der Waals surface area (Å²) >= 11 is 0. The summed E-state index contributed by atoms with van der Waals surface area (Å²) in [6.45, 7) is 0. The van der Waals surface area contributed by atoms with Crippen LogP contribution in [0.25, 0.3) is 22.3 Å². The molecule has 1 heterocycles. The van der Waals surface area contributed by atoms with Crippen LogP contribution in [0.5, 0.6) is 5.75 Å². The third-order valence-electron chi connectivity index (χ3n) is 5.01. The summed E-state index contributed by atoms with van der Waals surface area (Å²) in [7, 11) is 0. The Morgan fingerprint density at radius 2 is 1.50 bits per heavy atom. The highest BCUT2D eigenvalue weighted by molar-refractivity contribution is 6.11. The number of halogens is 1. The quantitative estimate of drug-likeness (QED) is 0.135. The van der Waals surface area contributed by atoms with Crippen LogP contribution in [0.3, 0.4) is 0 Å². The number of amides is 1. The summed E-state index contributed by atoms with van der Waals surface area (Å²) in [6.07, 6.45) is 1.37. The van der Waals surface area contributed by atoms with E-state index in [4.69, 9.17) is 15.0 Å². The lowest BCUT2D eigenvalue weighted by atomic mass is 9.97. The number of phenolic OH excluding ortho intramolecular Hbond substituents is 1. The lowest BCUT2D eigenvalue weighted by molar-refractivity contribution is 0.0373. The molecule has 1 aromatic heterocycles. The summed E-state index contributed by atoms with van der Waals surface area (Å²) < 4.78 is 24.7. The number of furan rings is 1. The van der Waals surface area contributed by atoms with Gasteiger partial charge in [0.25, 0.3) is 5.91 Å². The van der Waals surface area contributed by atoms with Gasteiger partial charge in [0.05, 0.1) is 11.1 Å². The number of hydrogen-bond donors (Lipinski definition) is 3. The number of aromatic hydroxyl groups is 1. The first-order chi connectivity index (χ1) is 16.4. The fourth-order valence-corrected chi connectivity index (χ4v) is 3.44. The second-order valence-corrected chi connectivity index (χ2v) is 7.06. The molecule has 0 fully saturated rings. The summed E-state index contributed by atoms with van der Waals surface area (Å²) in [5, 5.41) is 9.55. The van der Waals surface area contributed by atoms with Gasteiger partial charge < -0.3 is 14.3 Å². The van der Waals surface area contributed by atoms with Gasteiger partial charge in [-0.3, -0.25) is 10.2 Å². The van der Waals surface area contributed by atoms with Crippen molar-refractivity contribution in [3.8, 4) is 28.0 Å². The fourth-order valence-electron chi connectivity index (χ4n) is 3.44. The Kier molecular flexibility index (Phi) is 6.20. The van der Waals surface area contributed by atoms with Crippen LogP contribution in [-0.4, -0.2) is 23.0 Å². The highest BCUT2D eigenvalue weighted by Gasteiger charge is 2.29. The van der Waals surface area contributed by atoms with Gasteiger partial charge in [0.1, 0.15) is 6.26 Å². The minimum Gasteiger partial charge on any atom is -0.505 e. The van der Waals surface area contributed by atoms with Gasteiger partial charge >= 0.3 is 11.9 Å². The molecule has 0 aliphatic heterocycles. The normalized spacial score (nSPS) is 10.5. The SMILES string of the molecule is NNC(=O)c1c(C(=O)OC(=O)c2occ(-c3ccccc3)c2-c2ccccc2)ccc(O)c1F. The molecule has 0 atom stereocenters. The maximum absolute atomic E-state index is 14.3. The van der Waals surface area contributed by atoms with Crippen molar-refractivity contribution in [1.82, 2.24) is 5.43 Å². The number of rotatable bonds is 5. The number of carbonyl (C=O) groups is 3. The van der Waals surface area contributed by atoms with Crippen molar-refractivity contribution in [2.75, 3.05) is 0 Å². The number of hydrazine groups is 1. The predicted molar refractivity (Wildman–Crippen MR) is 119 cm³/mol. The van der Waals surface area contributed by atoms with Crippen LogP contribution in [0.15, 0.2) is 83.5 Å². The molecule has 0 saturated carbocycles. The molecule has 0 unspecified atom stereocenters. The number of ether oxygens (including phenoxy) is 1. The first-order valence-corrected chi connectivity index (χ1v) is 9.93. The smallest absolute Gasteiger partial charge is 0.382 e. The molecule has 0 radical (unpaired) electrons. The Bertz CT molecular complexity index is 1380. The minimum absolute atomic E-state index is 0.262. The topological polar surface area (TPSA) is 132 Å². The maximum Gasteiger partial charge on any atom is 0.382 e. The van der Waals surface area contributed by atoms with E-state index in [0.717, 1.165) is 17.7 Å². The second-order valence-electron chi connectivity index (χ2n) is 7.06. The molecule has 1 amide bonds. The zero-order valence-electron chi connectivity index (χ0n) is 17.4. The molecule has 0 spiro atoms. The van der Waals surface area contributed by atoms with Crippen molar-refractivity contribution in [1.29, 1.82) is 0 Å². The average Bonchev–Trinajstić information content (AvgIpc) is 3.31. The van der Waals surface area contributed by atoms with Gasteiger partial charge in [0.2, 0.25) is 5.76 Å². The van der Waals surface area contributed by atoms with Crippen LogP contribution in [0.4, 0.5) is 4.39 Å². The average molecular weight is 460 g/mol. The van der Waals surface area contributed by atoms with E-state index >= 15 is 0 Å². The molecule has 0 aliphatic carbocycles. The summed E-state index contributed by atoms with van der Waals surface area (Å²) in [5.41, 5.74) is 2.58. The highest BCUT2D eigenvalue weighted by atomic mass is 19.1. The first kappa shape index (κ1) is 22.4. The zero-order chi connectivity index (χ0) is 24.2. The largest absolute Gasteiger partial charge is 0.505 e. The first-order valence-electron chi connectivity index (χ1n) is 9.93. The highest BCUT2D eigenvalue weighted by Crippen LogP contribution is 2.37. The number of benzene rings is 3. The molecule has 8 nitrogen and oxygen atoms in total. The van der Waals surface area contributed by atoms with E-state index in [1.54, 1.807) is 35.8 Å². The van der Waals surface area contributed by atoms with E-state index in [1.807, 2.05) is 30.3 Å². The molecular formula is C25H17FN2O6. The molecule has 4 rings (SSSR count). The van der Waals surface area contributed by atoms with Crippen molar-refractivity contribution < 1.29 is 33.0 Å². The predicted octanol–water partition coefficient (Wildman–Crippen LogP) is 4.06. The molecule has 0 bridgehead atoms. The Hall–Kier alpha value is -4.76. The molecule has 9 heteroatoms. The van der Waals surface area contributed by atoms with Crippen molar-refractivity contribution in [3.05, 3.63) is 102 Å². The Morgan fingerprint density at radius 1 is 0.882 bits per heavy atom. The number of nitrogen functional groups attached to an aromatic ring is 1. The van der Waals surface area contributed by atoms with Gasteiger partial charge in [-0.1, -0.05) is 60.7 Å². The molecule has 0 aliphatic rings. The van der Waals surface area contributed by atoms with Crippen LogP contribution in [-0.2, 0) is 4.74 Å². The second kappa shape index (κ2) is 9.39. The number of nitrogens with two attached hydrogens (primary N) is 1. The Balaban J connectivity index is 1.74. The van der Waals surface area contributed by atoms with Gasteiger partial charge in [0.15, 0.2) is 11.6 Å². The third-order valence-corrected chi connectivity index (χ3v) is 5.01. The number of nitrogens with one attached hydrogen (secondary N) is 1. The van der Waals surface area contributed by atoms with Gasteiger partial charge in [-0.2, -0.15) is 0 Å². The van der Waals surface area contributed by atoms with Crippen molar-refractivity contribution in [3.63, 3.8) is 0 Å². The van der Waals surface area contributed by atoms with Crippen LogP contribution in [0, 0.1) is 5.82 Å². The zero-order valence-corrected chi connectivity index (χ0v) is 17.4. The van der Waals surface area contributed by atoms with Crippen molar-refractivity contribution >= 4 is 17.8 Å². The van der Waals surface area contributed by atoms with E-state index < -0.39 is 40.5 Å². The molecular weight excluding hydrogens is 443 g/mol. The number of carbonyl (C=O) groups excluding carboxylic acids is 3. The van der Waals surface area contributed by atoms with Crippen LogP contribution in [0.2, 0.25) is 0 Å². The van der Waals surface area contributed by atoms with E-state index in [-0.39, 0.29) is 5.76 Å². The molecule has 3 aromatic carbocycles. The van der Waals surface area contributed by atoms with Gasteiger partial charge in [-0.25, -0.2) is 19.8 Å². The Labute approximate surface area is 192 Å². The van der Waals surface area contributed by atoms with Crippen LogP contribution < -0.4 is 11.3 Å². The van der Waals surface area contributed by atoms with E-state index in [0.29, 0.717) is 16.7 Å². The number of hydrogen-bond acceptors (Lipinski definition) is 7. The maximum atomic E-state index is 14.3. The molecule has 4 aromatic rings. The lowest BCUT2D eigenvalue weighted by Gasteiger charge is -2.10. The fraction of sp³-hybridized carbons (Fsp3) is 0. The Morgan fingerprint density at radius 3 is 2.12 bits per heavy atom. The minimum atomic E-state index is -1.39. The van der Waals surface area contributed by atoms with Crippen molar-refractivity contribution in [2.45, 2.75) is 0 Å². The van der Waals surface area contributed by atoms with Crippen LogP contribution in [0.1, 0.15) is 31.3 Å². The molecule has 0 saturated heterocycles. The lowest BCUT2D eigenvalue weighted by Crippen LogP contribution is -2.32. The monoisotopic (exact) mass is 460 g/mol. The number of esters is 2. The van der Waals surface area contributed by atoms with Gasteiger partial charge in [-0.15, -0.1) is 0 Å². The van der Waals surface area contributed by atoms with E-state index in [1.165, 1.54) is 6.26 Å². The summed E-state index contributed by atoms with van der Waals surface area (Å²) in [6, 6.07) is 19.8. The van der Waals surface area contributed by atoms with Gasteiger partial charge in [0, 0.05) is 11.1 Å². The van der Waals surface area contributed by atoms with E-state index in [9.17, 15) is 23.9 Å². The van der Waals surface area contributed by atoms with Crippen LogP contribution >= 0.6 is 0 Å². The third kappa shape index (κ3) is 4.15. The molecule has 170 valence electrons. The number of phenols is 1. The van der Waals surface area contributed by atoms with E-state index in [2.05, 4.69) is 0 Å². The van der Waals surface area contributed by atoms with Gasteiger partial charge in [-0.05, 0) is 23.3 Å².